The van der Waals surface area contributed by atoms with E-state index in [9.17, 15) is 0 Å². The van der Waals surface area contributed by atoms with Crippen molar-refractivity contribution in [2.75, 3.05) is 0 Å². The third-order valence-corrected chi connectivity index (χ3v) is 3.25. The first-order chi connectivity index (χ1) is 6.33. The van der Waals surface area contributed by atoms with E-state index in [0.717, 1.165) is 16.7 Å². The molecule has 0 aliphatic carbocycles. The molecule has 13 heavy (non-hydrogen) atoms. The van der Waals surface area contributed by atoms with Crippen molar-refractivity contribution in [2.24, 2.45) is 0 Å². The maximum Gasteiger partial charge on any atom is 0.0972 e. The van der Waals surface area contributed by atoms with Crippen LogP contribution in [-0.2, 0) is 5.33 Å². The van der Waals surface area contributed by atoms with E-state index in [-0.39, 0.29) is 0 Å². The van der Waals surface area contributed by atoms with Crippen molar-refractivity contribution in [1.82, 2.24) is 10.2 Å². The van der Waals surface area contributed by atoms with Crippen LogP contribution in [0.4, 0.5) is 0 Å². The van der Waals surface area contributed by atoms with Gasteiger partial charge in [-0.25, -0.2) is 0 Å². The van der Waals surface area contributed by atoms with Crippen LogP contribution >= 0.6 is 27.3 Å². The molecule has 0 saturated heterocycles. The Hall–Kier alpha value is -0.610. The molecule has 0 spiro atoms. The molecule has 0 bridgehead atoms. The van der Waals surface area contributed by atoms with E-state index in [4.69, 9.17) is 0 Å². The number of alkyl halides is 1. The largest absolute Gasteiger partial charge is 0.282 e. The first-order valence-corrected chi connectivity index (χ1v) is 6.01. The van der Waals surface area contributed by atoms with Gasteiger partial charge in [-0.05, 0) is 18.4 Å². The Bertz CT molecular complexity index is 392. The van der Waals surface area contributed by atoms with E-state index >= 15 is 0 Å². The van der Waals surface area contributed by atoms with Crippen LogP contribution in [0, 0.1) is 6.92 Å². The Labute approximate surface area is 89.1 Å². The fraction of sp³-hybridized carbons (Fsp3) is 0.222. The van der Waals surface area contributed by atoms with Crippen LogP contribution in [-0.4, -0.2) is 10.2 Å². The molecule has 4 heteroatoms. The number of hydrogen-bond donors (Lipinski definition) is 1. The van der Waals surface area contributed by atoms with Crippen LogP contribution < -0.4 is 0 Å². The number of rotatable bonds is 2. The fourth-order valence-electron chi connectivity index (χ4n) is 1.25. The highest BCUT2D eigenvalue weighted by molar-refractivity contribution is 9.08. The predicted octanol–water partition coefficient (Wildman–Crippen LogP) is 3.34. The molecule has 2 aromatic rings. The zero-order valence-electron chi connectivity index (χ0n) is 7.17. The molecule has 0 aromatic carbocycles. The summed E-state index contributed by atoms with van der Waals surface area (Å²) in [7, 11) is 0. The lowest BCUT2D eigenvalue weighted by molar-refractivity contribution is 1.05. The molecule has 68 valence electrons. The van der Waals surface area contributed by atoms with Gasteiger partial charge in [0.25, 0.3) is 0 Å². The van der Waals surface area contributed by atoms with Crippen molar-refractivity contribution >= 4 is 27.3 Å². The Morgan fingerprint density at radius 2 is 2.46 bits per heavy atom. The first-order valence-electron chi connectivity index (χ1n) is 3.95. The van der Waals surface area contributed by atoms with E-state index in [1.165, 1.54) is 11.1 Å². The van der Waals surface area contributed by atoms with Crippen LogP contribution in [0.5, 0.6) is 0 Å². The molecule has 0 aliphatic rings. The molecular formula is C9H9BrN2S. The summed E-state index contributed by atoms with van der Waals surface area (Å²) in [6, 6.07) is 2.09. The quantitative estimate of drug-likeness (QED) is 0.821. The second-order valence-electron chi connectivity index (χ2n) is 2.82. The summed E-state index contributed by atoms with van der Waals surface area (Å²) in [6.45, 7) is 2.04. The summed E-state index contributed by atoms with van der Waals surface area (Å²) in [5.74, 6) is 0. The molecule has 2 rings (SSSR count). The normalized spacial score (nSPS) is 10.6. The monoisotopic (exact) mass is 256 g/mol. The lowest BCUT2D eigenvalue weighted by Crippen LogP contribution is -1.81. The lowest BCUT2D eigenvalue weighted by atomic mass is 10.1. The number of aromatic amines is 1. The van der Waals surface area contributed by atoms with E-state index in [0.29, 0.717) is 0 Å². The summed E-state index contributed by atoms with van der Waals surface area (Å²) in [4.78, 5) is 0. The van der Waals surface area contributed by atoms with E-state index in [1.807, 2.05) is 6.92 Å². The van der Waals surface area contributed by atoms with Gasteiger partial charge >= 0.3 is 0 Å². The average Bonchev–Trinajstić information content (AvgIpc) is 2.71. The van der Waals surface area contributed by atoms with Gasteiger partial charge in [0.15, 0.2) is 0 Å². The van der Waals surface area contributed by atoms with Gasteiger partial charge < -0.3 is 0 Å². The van der Waals surface area contributed by atoms with Crippen LogP contribution in [0.15, 0.2) is 16.8 Å². The van der Waals surface area contributed by atoms with Crippen molar-refractivity contribution in [3.05, 3.63) is 28.1 Å². The standard InChI is InChI=1S/C9H9BrN2S/c1-6-8(4-10)9(12-11-6)7-2-3-13-5-7/h2-3,5H,4H2,1H3,(H,11,12). The Balaban J connectivity index is 2.52. The van der Waals surface area contributed by atoms with Gasteiger partial charge in [-0.1, -0.05) is 15.9 Å². The summed E-state index contributed by atoms with van der Waals surface area (Å²) in [5, 5.41) is 12.3. The molecule has 0 amide bonds. The second-order valence-corrected chi connectivity index (χ2v) is 4.16. The number of thiophene rings is 1. The van der Waals surface area contributed by atoms with Crippen LogP contribution in [0.1, 0.15) is 11.3 Å². The maximum absolute atomic E-state index is 4.28. The minimum Gasteiger partial charge on any atom is -0.282 e. The van der Waals surface area contributed by atoms with Gasteiger partial charge in [0, 0.05) is 27.5 Å². The van der Waals surface area contributed by atoms with Crippen molar-refractivity contribution in [3.63, 3.8) is 0 Å². The van der Waals surface area contributed by atoms with E-state index in [1.54, 1.807) is 11.3 Å². The van der Waals surface area contributed by atoms with Crippen molar-refractivity contribution in [1.29, 1.82) is 0 Å². The van der Waals surface area contributed by atoms with Crippen LogP contribution in [0.3, 0.4) is 0 Å². The molecule has 2 heterocycles. The molecule has 0 atom stereocenters. The van der Waals surface area contributed by atoms with Gasteiger partial charge in [-0.2, -0.15) is 16.4 Å². The van der Waals surface area contributed by atoms with Crippen molar-refractivity contribution < 1.29 is 0 Å². The Morgan fingerprint density at radius 1 is 1.62 bits per heavy atom. The maximum atomic E-state index is 4.28. The number of nitrogens with one attached hydrogen (secondary N) is 1. The van der Waals surface area contributed by atoms with Gasteiger partial charge in [0.05, 0.1) is 5.69 Å². The molecular weight excluding hydrogens is 248 g/mol. The molecule has 2 aromatic heterocycles. The number of hydrogen-bond acceptors (Lipinski definition) is 2. The molecule has 2 nitrogen and oxygen atoms in total. The second kappa shape index (κ2) is 3.64. The van der Waals surface area contributed by atoms with Gasteiger partial charge in [0.2, 0.25) is 0 Å². The SMILES string of the molecule is Cc1[nH]nc(-c2ccsc2)c1CBr. The number of nitrogens with zero attached hydrogens (tertiary/aromatic N) is 1. The minimum atomic E-state index is 0.848. The average molecular weight is 257 g/mol. The number of aromatic nitrogens is 2. The molecule has 1 N–H and O–H groups in total. The highest BCUT2D eigenvalue weighted by atomic mass is 79.9. The van der Waals surface area contributed by atoms with E-state index < -0.39 is 0 Å². The van der Waals surface area contributed by atoms with Gasteiger partial charge in [0.1, 0.15) is 0 Å². The zero-order chi connectivity index (χ0) is 9.26. The highest BCUT2D eigenvalue weighted by Crippen LogP contribution is 2.26. The predicted molar refractivity (Wildman–Crippen MR) is 59.3 cm³/mol. The molecule has 0 radical (unpaired) electrons. The lowest BCUT2D eigenvalue weighted by Gasteiger charge is -1.95. The molecule has 0 aliphatic heterocycles. The van der Waals surface area contributed by atoms with Gasteiger partial charge in [-0.15, -0.1) is 0 Å². The third-order valence-electron chi connectivity index (χ3n) is 2.00. The Kier molecular flexibility index (Phi) is 2.51. The zero-order valence-corrected chi connectivity index (χ0v) is 9.58. The third kappa shape index (κ3) is 1.56. The highest BCUT2D eigenvalue weighted by Gasteiger charge is 2.10. The van der Waals surface area contributed by atoms with Crippen LogP contribution in [0.2, 0.25) is 0 Å². The topological polar surface area (TPSA) is 28.7 Å². The summed E-state index contributed by atoms with van der Waals surface area (Å²) >= 11 is 5.16. The fourth-order valence-corrected chi connectivity index (χ4v) is 2.58. The number of H-pyrrole nitrogens is 1. The van der Waals surface area contributed by atoms with Crippen molar-refractivity contribution in [3.8, 4) is 11.3 Å². The molecule has 0 fully saturated rings. The van der Waals surface area contributed by atoms with Crippen LogP contribution in [0.25, 0.3) is 11.3 Å². The summed E-state index contributed by atoms with van der Waals surface area (Å²) in [6.07, 6.45) is 0. The van der Waals surface area contributed by atoms with Crippen molar-refractivity contribution in [2.45, 2.75) is 12.3 Å². The first kappa shape index (κ1) is 8.97. The summed E-state index contributed by atoms with van der Waals surface area (Å²) < 4.78 is 0. The smallest absolute Gasteiger partial charge is 0.0972 e. The number of halogens is 1. The number of aryl methyl sites for hydroxylation is 1. The molecule has 0 saturated carbocycles. The minimum absolute atomic E-state index is 0.848. The van der Waals surface area contributed by atoms with Gasteiger partial charge in [-0.3, -0.25) is 5.10 Å². The summed E-state index contributed by atoms with van der Waals surface area (Å²) in [5.41, 5.74) is 4.65. The Morgan fingerprint density at radius 3 is 3.08 bits per heavy atom. The van der Waals surface area contributed by atoms with E-state index in [2.05, 4.69) is 43.0 Å². The molecule has 0 unspecified atom stereocenters.